The van der Waals surface area contributed by atoms with Crippen LogP contribution in [0.15, 0.2) is 71.6 Å². The van der Waals surface area contributed by atoms with Gasteiger partial charge in [-0.3, -0.25) is 0 Å². The first-order chi connectivity index (χ1) is 19.1. The van der Waals surface area contributed by atoms with Crippen LogP contribution in [-0.4, -0.2) is 44.0 Å². The van der Waals surface area contributed by atoms with E-state index in [1.807, 2.05) is 11.8 Å². The Kier molecular flexibility index (Phi) is 8.41. The molecule has 212 valence electrons. The predicted octanol–water partition coefficient (Wildman–Crippen LogP) is 9.07. The zero-order valence-electron chi connectivity index (χ0n) is 25.2. The van der Waals surface area contributed by atoms with Crippen LogP contribution >= 0.6 is 11.8 Å². The Morgan fingerprint density at radius 2 is 1.62 bits per heavy atom. The van der Waals surface area contributed by atoms with Gasteiger partial charge in [-0.1, -0.05) is 65.0 Å². The third kappa shape index (κ3) is 5.85. The molecule has 1 aliphatic rings. The Balaban J connectivity index is 1.48. The highest BCUT2D eigenvalue weighted by Gasteiger charge is 2.39. The van der Waals surface area contributed by atoms with Gasteiger partial charge in [0.05, 0.1) is 5.69 Å². The summed E-state index contributed by atoms with van der Waals surface area (Å²) in [6.07, 6.45) is 0. The Hall–Kier alpha value is -2.67. The zero-order chi connectivity index (χ0) is 28.5. The number of hydrogen-bond acceptors (Lipinski definition) is 4. The number of likely N-dealkylation sites (N-methyl/N-ethyl adjacent to an activating group) is 1. The van der Waals surface area contributed by atoms with Crippen molar-refractivity contribution in [2.75, 3.05) is 26.2 Å². The van der Waals surface area contributed by atoms with Gasteiger partial charge in [-0.2, -0.15) is 0 Å². The van der Waals surface area contributed by atoms with Crippen LogP contribution in [0.25, 0.3) is 22.2 Å². The predicted molar refractivity (Wildman–Crippen MR) is 174 cm³/mol. The lowest BCUT2D eigenvalue weighted by Crippen LogP contribution is -2.43. The lowest BCUT2D eigenvalue weighted by molar-refractivity contribution is 0.223. The van der Waals surface area contributed by atoms with Crippen LogP contribution in [0.5, 0.6) is 11.5 Å². The Morgan fingerprint density at radius 3 is 2.33 bits per heavy atom. The highest BCUT2D eigenvalue weighted by atomic mass is 32.2. The minimum Gasteiger partial charge on any atom is -0.543 e. The summed E-state index contributed by atoms with van der Waals surface area (Å²) in [6.45, 7) is 20.5. The van der Waals surface area contributed by atoms with Gasteiger partial charge in [0.25, 0.3) is 0 Å². The second kappa shape index (κ2) is 11.7. The topological polar surface area (TPSA) is 26.6 Å². The molecule has 1 aromatic heterocycles. The number of fused-ring (bicyclic) bond motifs is 5. The maximum Gasteiger partial charge on any atom is 0.250 e. The molecule has 0 aliphatic carbocycles. The molecule has 1 aliphatic heterocycles. The van der Waals surface area contributed by atoms with Crippen molar-refractivity contribution in [2.45, 2.75) is 69.9 Å². The molecule has 0 N–H and O–H groups in total. The normalized spacial score (nSPS) is 13.4. The third-order valence-electron chi connectivity index (χ3n) is 8.67. The van der Waals surface area contributed by atoms with Crippen molar-refractivity contribution in [1.82, 2.24) is 9.47 Å². The van der Waals surface area contributed by atoms with E-state index in [2.05, 4.69) is 124 Å². The Bertz CT molecular complexity index is 1470. The van der Waals surface area contributed by atoms with Crippen molar-refractivity contribution < 1.29 is 9.16 Å². The van der Waals surface area contributed by atoms with Crippen LogP contribution in [0.2, 0.25) is 18.1 Å². The number of thioether (sulfide) groups is 1. The zero-order valence-corrected chi connectivity index (χ0v) is 27.0. The molecule has 0 atom stereocenters. The van der Waals surface area contributed by atoms with E-state index in [0.717, 1.165) is 43.4 Å². The molecule has 0 bridgehead atoms. The maximum atomic E-state index is 6.74. The van der Waals surface area contributed by atoms with Crippen molar-refractivity contribution in [1.29, 1.82) is 0 Å². The monoisotopic (exact) mass is 572 g/mol. The summed E-state index contributed by atoms with van der Waals surface area (Å²) in [4.78, 5) is 3.74. The van der Waals surface area contributed by atoms with Gasteiger partial charge in [0.2, 0.25) is 8.32 Å². The summed E-state index contributed by atoms with van der Waals surface area (Å²) in [7, 11) is -1.93. The number of hydrogen-bond donors (Lipinski definition) is 0. The lowest BCUT2D eigenvalue weighted by Gasteiger charge is -2.36. The van der Waals surface area contributed by atoms with Gasteiger partial charge in [0.15, 0.2) is 0 Å². The van der Waals surface area contributed by atoms with E-state index in [4.69, 9.17) is 9.16 Å². The summed E-state index contributed by atoms with van der Waals surface area (Å²) in [6, 6.07) is 24.2. The second-order valence-electron chi connectivity index (χ2n) is 12.3. The molecule has 6 heteroatoms. The summed E-state index contributed by atoms with van der Waals surface area (Å²) in [5, 5.41) is 1.47. The molecule has 0 amide bonds. The maximum absolute atomic E-state index is 6.74. The Morgan fingerprint density at radius 1 is 0.925 bits per heavy atom. The third-order valence-corrected chi connectivity index (χ3v) is 14.1. The summed E-state index contributed by atoms with van der Waals surface area (Å²) in [5.41, 5.74) is 6.62. The van der Waals surface area contributed by atoms with Gasteiger partial charge < -0.3 is 18.6 Å². The molecule has 0 saturated heterocycles. The summed E-state index contributed by atoms with van der Waals surface area (Å²) < 4.78 is 15.3. The van der Waals surface area contributed by atoms with Crippen molar-refractivity contribution in [3.8, 4) is 22.8 Å². The molecule has 0 unspecified atom stereocenters. The minimum absolute atomic E-state index is 0.156. The quantitative estimate of drug-likeness (QED) is 0.177. The SMILES string of the molecule is CCN(CC)CCOc1ccc(Cn2c3c(c4cc(O[Si](C)(C)C(C)(C)C)ccc42)CSc2ccccc2-3)cc1. The molecule has 4 aromatic rings. The van der Waals surface area contributed by atoms with Crippen molar-refractivity contribution in [3.63, 3.8) is 0 Å². The average Bonchev–Trinajstić information content (AvgIpc) is 3.24. The van der Waals surface area contributed by atoms with E-state index >= 15 is 0 Å². The van der Waals surface area contributed by atoms with E-state index < -0.39 is 8.32 Å². The molecule has 0 radical (unpaired) electrons. The first-order valence-corrected chi connectivity index (χ1v) is 18.5. The number of aromatic nitrogens is 1. The lowest BCUT2D eigenvalue weighted by atomic mass is 10.1. The number of rotatable bonds is 10. The van der Waals surface area contributed by atoms with E-state index in [-0.39, 0.29) is 5.04 Å². The standard InChI is InChI=1S/C34H44N2O2SSi/c1-8-35(9-2)20-21-37-26-16-14-25(15-17-26)23-36-31-19-18-27(38-40(6,7)34(3,4)5)22-29(31)30-24-39-32-13-11-10-12-28(32)33(30)36/h10-19,22H,8-9,20-21,23-24H2,1-7H3. The molecule has 5 rings (SSSR count). The van der Waals surface area contributed by atoms with Gasteiger partial charge in [-0.05, 0) is 78.7 Å². The Labute approximate surface area is 245 Å². The molecule has 0 saturated carbocycles. The number of benzene rings is 3. The van der Waals surface area contributed by atoms with Crippen molar-refractivity contribution >= 4 is 31.0 Å². The molecule has 2 heterocycles. The van der Waals surface area contributed by atoms with E-state index in [0.29, 0.717) is 6.61 Å². The first-order valence-electron chi connectivity index (χ1n) is 14.6. The molecule has 0 spiro atoms. The largest absolute Gasteiger partial charge is 0.543 e. The van der Waals surface area contributed by atoms with E-state index in [1.165, 1.54) is 38.2 Å². The highest BCUT2D eigenvalue weighted by Crippen LogP contribution is 2.47. The first kappa shape index (κ1) is 28.8. The van der Waals surface area contributed by atoms with Crippen LogP contribution in [0.3, 0.4) is 0 Å². The molecule has 4 nitrogen and oxygen atoms in total. The van der Waals surface area contributed by atoms with Crippen LogP contribution < -0.4 is 9.16 Å². The molecule has 40 heavy (non-hydrogen) atoms. The van der Waals surface area contributed by atoms with Gasteiger partial charge in [0, 0.05) is 40.2 Å². The number of nitrogens with zero attached hydrogens (tertiary/aromatic N) is 2. The van der Waals surface area contributed by atoms with E-state index in [1.54, 1.807) is 0 Å². The van der Waals surface area contributed by atoms with Gasteiger partial charge in [-0.25, -0.2) is 0 Å². The van der Waals surface area contributed by atoms with E-state index in [9.17, 15) is 0 Å². The van der Waals surface area contributed by atoms with Crippen molar-refractivity contribution in [2.24, 2.45) is 0 Å². The fraction of sp³-hybridized carbons (Fsp3) is 0.412. The molecule has 3 aromatic carbocycles. The minimum atomic E-state index is -1.93. The second-order valence-corrected chi connectivity index (χ2v) is 18.0. The van der Waals surface area contributed by atoms with Crippen LogP contribution in [0.4, 0.5) is 0 Å². The van der Waals surface area contributed by atoms with Crippen LogP contribution in [0.1, 0.15) is 45.7 Å². The smallest absolute Gasteiger partial charge is 0.250 e. The number of ether oxygens (including phenoxy) is 1. The molecule has 0 fully saturated rings. The summed E-state index contributed by atoms with van der Waals surface area (Å²) in [5.74, 6) is 2.90. The van der Waals surface area contributed by atoms with Crippen LogP contribution in [-0.2, 0) is 12.3 Å². The summed E-state index contributed by atoms with van der Waals surface area (Å²) >= 11 is 1.94. The van der Waals surface area contributed by atoms with Gasteiger partial charge >= 0.3 is 0 Å². The van der Waals surface area contributed by atoms with Gasteiger partial charge in [-0.15, -0.1) is 11.8 Å². The molecular weight excluding hydrogens is 529 g/mol. The van der Waals surface area contributed by atoms with Gasteiger partial charge in [0.1, 0.15) is 18.1 Å². The van der Waals surface area contributed by atoms with Crippen molar-refractivity contribution in [3.05, 3.63) is 77.9 Å². The fourth-order valence-corrected chi connectivity index (χ4v) is 7.29. The average molecular weight is 573 g/mol. The fourth-order valence-electron chi connectivity index (χ4n) is 5.18. The van der Waals surface area contributed by atoms with Crippen LogP contribution in [0, 0.1) is 0 Å². The highest BCUT2D eigenvalue weighted by molar-refractivity contribution is 7.98. The molecular formula is C34H44N2O2SSi.